The van der Waals surface area contributed by atoms with Crippen LogP contribution in [0.1, 0.15) is 10.4 Å². The molecule has 1 aliphatic heterocycles. The molecule has 0 atom stereocenters. The number of piperazine rings is 1. The first-order chi connectivity index (χ1) is 9.22. The van der Waals surface area contributed by atoms with E-state index in [4.69, 9.17) is 0 Å². The van der Waals surface area contributed by atoms with Crippen molar-refractivity contribution in [1.82, 2.24) is 19.8 Å². The molecule has 5 nitrogen and oxygen atoms in total. The molecule has 0 saturated carbocycles. The number of aromatic nitrogens is 2. The number of benzene rings is 1. The zero-order valence-electron chi connectivity index (χ0n) is 11.1. The highest BCUT2D eigenvalue weighted by molar-refractivity contribution is 6.00. The van der Waals surface area contributed by atoms with Crippen molar-refractivity contribution >= 4 is 16.8 Å². The van der Waals surface area contributed by atoms with Crippen molar-refractivity contribution in [2.45, 2.75) is 0 Å². The predicted molar refractivity (Wildman–Crippen MR) is 74.4 cm³/mol. The molecule has 1 aliphatic rings. The average molecular weight is 258 g/mol. The molecule has 0 amide bonds. The third kappa shape index (κ3) is 2.67. The average Bonchev–Trinajstić information content (AvgIpc) is 2.88. The largest absolute Gasteiger partial charge is 0.345 e. The van der Waals surface area contributed by atoms with Gasteiger partial charge in [0.15, 0.2) is 5.78 Å². The third-order valence-electron chi connectivity index (χ3n) is 3.71. The number of H-pyrrole nitrogens is 1. The van der Waals surface area contributed by atoms with Crippen molar-refractivity contribution in [1.29, 1.82) is 0 Å². The second kappa shape index (κ2) is 5.11. The number of hydrogen-bond acceptors (Lipinski definition) is 4. The Hall–Kier alpha value is -1.72. The van der Waals surface area contributed by atoms with Gasteiger partial charge >= 0.3 is 0 Å². The van der Waals surface area contributed by atoms with Crippen molar-refractivity contribution in [3.05, 3.63) is 30.1 Å². The van der Waals surface area contributed by atoms with Crippen LogP contribution in [0.5, 0.6) is 0 Å². The lowest BCUT2D eigenvalue weighted by Crippen LogP contribution is -2.46. The number of likely N-dealkylation sites (N-methyl/N-ethyl adjacent to an activating group) is 1. The Morgan fingerprint density at radius 3 is 2.89 bits per heavy atom. The van der Waals surface area contributed by atoms with Gasteiger partial charge in [0.1, 0.15) is 0 Å². The van der Waals surface area contributed by atoms with Crippen LogP contribution in [0, 0.1) is 0 Å². The van der Waals surface area contributed by atoms with Crippen LogP contribution >= 0.6 is 0 Å². The summed E-state index contributed by atoms with van der Waals surface area (Å²) in [5, 5.41) is 0. The van der Waals surface area contributed by atoms with E-state index in [-0.39, 0.29) is 5.78 Å². The number of nitrogens with zero attached hydrogens (tertiary/aromatic N) is 3. The van der Waals surface area contributed by atoms with E-state index in [1.54, 1.807) is 6.33 Å². The van der Waals surface area contributed by atoms with Crippen LogP contribution < -0.4 is 0 Å². The van der Waals surface area contributed by atoms with Crippen LogP contribution in [-0.4, -0.2) is 65.3 Å². The van der Waals surface area contributed by atoms with Gasteiger partial charge in [0.2, 0.25) is 0 Å². The molecular formula is C14H18N4O. The number of ketones is 1. The summed E-state index contributed by atoms with van der Waals surface area (Å²) in [6, 6.07) is 5.64. The fraction of sp³-hybridized carbons (Fsp3) is 0.429. The van der Waals surface area contributed by atoms with Crippen LogP contribution in [0.4, 0.5) is 0 Å². The minimum atomic E-state index is 0.182. The monoisotopic (exact) mass is 258 g/mol. The van der Waals surface area contributed by atoms with Gasteiger partial charge in [0.05, 0.1) is 23.9 Å². The second-order valence-corrected chi connectivity index (χ2v) is 5.14. The number of nitrogens with one attached hydrogen (secondary N) is 1. The Bertz CT molecular complexity index is 584. The first-order valence-electron chi connectivity index (χ1n) is 6.59. The van der Waals surface area contributed by atoms with Crippen molar-refractivity contribution in [3.63, 3.8) is 0 Å². The number of hydrogen-bond donors (Lipinski definition) is 1. The number of Topliss-reactive ketones (excluding diaryl/α,β-unsaturated/α-hetero) is 1. The van der Waals surface area contributed by atoms with Crippen molar-refractivity contribution < 1.29 is 4.79 Å². The molecular weight excluding hydrogens is 240 g/mol. The zero-order valence-corrected chi connectivity index (χ0v) is 11.1. The Kier molecular flexibility index (Phi) is 3.31. The van der Waals surface area contributed by atoms with Crippen LogP contribution in [0.2, 0.25) is 0 Å². The highest BCUT2D eigenvalue weighted by Gasteiger charge is 2.17. The molecule has 3 rings (SSSR count). The maximum Gasteiger partial charge on any atom is 0.176 e. The lowest BCUT2D eigenvalue weighted by molar-refractivity contribution is 0.0876. The Morgan fingerprint density at radius 1 is 1.32 bits per heavy atom. The van der Waals surface area contributed by atoms with E-state index in [9.17, 15) is 4.79 Å². The van der Waals surface area contributed by atoms with E-state index in [0.717, 1.165) is 42.8 Å². The zero-order chi connectivity index (χ0) is 13.2. The van der Waals surface area contributed by atoms with Crippen LogP contribution in [0.3, 0.4) is 0 Å². The highest BCUT2D eigenvalue weighted by atomic mass is 16.1. The Morgan fingerprint density at radius 2 is 2.11 bits per heavy atom. The highest BCUT2D eigenvalue weighted by Crippen LogP contribution is 2.13. The second-order valence-electron chi connectivity index (χ2n) is 5.14. The normalized spacial score (nSPS) is 17.9. The van der Waals surface area contributed by atoms with Crippen molar-refractivity contribution in [2.75, 3.05) is 39.8 Å². The van der Waals surface area contributed by atoms with Gasteiger partial charge in [0, 0.05) is 31.7 Å². The smallest absolute Gasteiger partial charge is 0.176 e. The predicted octanol–water partition coefficient (Wildman–Crippen LogP) is 0.993. The fourth-order valence-electron chi connectivity index (χ4n) is 2.41. The van der Waals surface area contributed by atoms with Gasteiger partial charge in [-0.1, -0.05) is 0 Å². The molecule has 1 fully saturated rings. The molecule has 0 bridgehead atoms. The van der Waals surface area contributed by atoms with Crippen molar-refractivity contribution in [3.8, 4) is 0 Å². The molecule has 2 heterocycles. The molecule has 1 saturated heterocycles. The fourth-order valence-corrected chi connectivity index (χ4v) is 2.41. The van der Waals surface area contributed by atoms with Gasteiger partial charge in [-0.15, -0.1) is 0 Å². The first-order valence-corrected chi connectivity index (χ1v) is 6.59. The number of carbonyl (C=O) groups is 1. The third-order valence-corrected chi connectivity index (χ3v) is 3.71. The summed E-state index contributed by atoms with van der Waals surface area (Å²) in [5.74, 6) is 0.182. The SMILES string of the molecule is CN1CCN(CC(=O)c2ccc3nc[nH]c3c2)CC1. The maximum atomic E-state index is 12.3. The number of aromatic amines is 1. The van der Waals surface area contributed by atoms with Crippen LogP contribution in [-0.2, 0) is 0 Å². The van der Waals surface area contributed by atoms with Gasteiger partial charge in [-0.05, 0) is 25.2 Å². The van der Waals surface area contributed by atoms with E-state index < -0.39 is 0 Å². The molecule has 1 aromatic heterocycles. The quantitative estimate of drug-likeness (QED) is 0.834. The summed E-state index contributed by atoms with van der Waals surface area (Å²) in [7, 11) is 2.12. The minimum absolute atomic E-state index is 0.182. The van der Waals surface area contributed by atoms with Crippen LogP contribution in [0.15, 0.2) is 24.5 Å². The van der Waals surface area contributed by atoms with E-state index in [2.05, 4.69) is 26.8 Å². The topological polar surface area (TPSA) is 52.2 Å². The summed E-state index contributed by atoms with van der Waals surface area (Å²) in [6.07, 6.45) is 1.65. The molecule has 5 heteroatoms. The first kappa shape index (κ1) is 12.3. The summed E-state index contributed by atoms with van der Waals surface area (Å²) in [6.45, 7) is 4.51. The molecule has 2 aromatic rings. The van der Waals surface area contributed by atoms with E-state index >= 15 is 0 Å². The molecule has 1 N–H and O–H groups in total. The lowest BCUT2D eigenvalue weighted by Gasteiger charge is -2.31. The summed E-state index contributed by atoms with van der Waals surface area (Å²) in [4.78, 5) is 24.0. The number of carbonyl (C=O) groups excluding carboxylic acids is 1. The van der Waals surface area contributed by atoms with E-state index in [0.29, 0.717) is 6.54 Å². The van der Waals surface area contributed by atoms with Crippen LogP contribution in [0.25, 0.3) is 11.0 Å². The molecule has 0 spiro atoms. The minimum Gasteiger partial charge on any atom is -0.345 e. The van der Waals surface area contributed by atoms with Gasteiger partial charge in [-0.25, -0.2) is 4.98 Å². The van der Waals surface area contributed by atoms with Gasteiger partial charge < -0.3 is 9.88 Å². The number of imidazole rings is 1. The lowest BCUT2D eigenvalue weighted by atomic mass is 10.1. The standard InChI is InChI=1S/C14H18N4O/c1-17-4-6-18(7-5-17)9-14(19)11-2-3-12-13(8-11)16-10-15-12/h2-3,8,10H,4-7,9H2,1H3,(H,15,16). The van der Waals surface area contributed by atoms with E-state index in [1.807, 2.05) is 18.2 Å². The molecule has 0 radical (unpaired) electrons. The molecule has 19 heavy (non-hydrogen) atoms. The molecule has 100 valence electrons. The summed E-state index contributed by atoms with van der Waals surface area (Å²) < 4.78 is 0. The number of rotatable bonds is 3. The summed E-state index contributed by atoms with van der Waals surface area (Å²) >= 11 is 0. The molecule has 0 unspecified atom stereocenters. The van der Waals surface area contributed by atoms with Crippen molar-refractivity contribution in [2.24, 2.45) is 0 Å². The number of fused-ring (bicyclic) bond motifs is 1. The molecule has 0 aliphatic carbocycles. The van der Waals surface area contributed by atoms with E-state index in [1.165, 1.54) is 0 Å². The molecule has 1 aromatic carbocycles. The van der Waals surface area contributed by atoms with Gasteiger partial charge in [-0.2, -0.15) is 0 Å². The summed E-state index contributed by atoms with van der Waals surface area (Å²) in [5.41, 5.74) is 2.58. The Balaban J connectivity index is 1.69. The Labute approximate surface area is 112 Å². The van der Waals surface area contributed by atoms with Gasteiger partial charge in [-0.3, -0.25) is 9.69 Å². The maximum absolute atomic E-state index is 12.3. The van der Waals surface area contributed by atoms with Gasteiger partial charge in [0.25, 0.3) is 0 Å².